The van der Waals surface area contributed by atoms with E-state index in [1.54, 1.807) is 0 Å². The highest BCUT2D eigenvalue weighted by molar-refractivity contribution is 6.17. The molecule has 0 aliphatic rings. The van der Waals surface area contributed by atoms with Crippen molar-refractivity contribution in [2.45, 2.75) is 12.5 Å². The van der Waals surface area contributed by atoms with Gasteiger partial charge in [-0.25, -0.2) is 0 Å². The normalized spacial score (nSPS) is 12.7. The number of aliphatic hydroxyl groups excluding tert-OH is 1. The van der Waals surface area contributed by atoms with E-state index in [0.29, 0.717) is 18.7 Å². The molecular weight excluding hydrogens is 142 g/mol. The molecule has 9 heavy (non-hydrogen) atoms. The van der Waals surface area contributed by atoms with Crippen LogP contribution in [-0.2, 0) is 4.79 Å². The molecule has 0 aromatic carbocycles. The molecule has 2 N–H and O–H groups in total. The first kappa shape index (κ1) is 8.72. The van der Waals surface area contributed by atoms with Crippen molar-refractivity contribution in [3.8, 4) is 0 Å². The lowest BCUT2D eigenvalue weighted by Crippen LogP contribution is -2.25. The molecule has 0 spiro atoms. The highest BCUT2D eigenvalue weighted by Crippen LogP contribution is 1.90. The number of amides is 1. The monoisotopic (exact) mass is 151 g/mol. The molecule has 54 valence electrons. The number of halogens is 1. The van der Waals surface area contributed by atoms with Crippen molar-refractivity contribution in [1.82, 2.24) is 5.32 Å². The van der Waals surface area contributed by atoms with Gasteiger partial charge < -0.3 is 10.4 Å². The van der Waals surface area contributed by atoms with Gasteiger partial charge in [0, 0.05) is 12.4 Å². The van der Waals surface area contributed by atoms with Gasteiger partial charge >= 0.3 is 0 Å². The summed E-state index contributed by atoms with van der Waals surface area (Å²) in [6.45, 7) is 0.288. The maximum absolute atomic E-state index is 9.66. The number of alkyl halides is 1. The smallest absolute Gasteiger partial charge is 0.207 e. The molecule has 0 bridgehead atoms. The van der Waals surface area contributed by atoms with Crippen molar-refractivity contribution in [3.63, 3.8) is 0 Å². The maximum Gasteiger partial charge on any atom is 0.207 e. The third-order valence-corrected chi connectivity index (χ3v) is 1.10. The lowest BCUT2D eigenvalue weighted by Gasteiger charge is -2.05. The average molecular weight is 152 g/mol. The van der Waals surface area contributed by atoms with Gasteiger partial charge in [-0.3, -0.25) is 4.79 Å². The third kappa shape index (κ3) is 5.59. The summed E-state index contributed by atoms with van der Waals surface area (Å²) in [4.78, 5) is 9.66. The lowest BCUT2D eigenvalue weighted by atomic mass is 10.3. The second kappa shape index (κ2) is 5.85. The number of carbonyl (C=O) groups is 1. The van der Waals surface area contributed by atoms with Gasteiger partial charge in [0.2, 0.25) is 6.41 Å². The van der Waals surface area contributed by atoms with E-state index in [2.05, 4.69) is 5.32 Å². The first-order valence-corrected chi connectivity index (χ1v) is 3.25. The molecule has 4 heteroatoms. The Morgan fingerprint density at radius 3 is 2.89 bits per heavy atom. The van der Waals surface area contributed by atoms with E-state index in [1.807, 2.05) is 0 Å². The number of rotatable bonds is 5. The molecule has 0 heterocycles. The summed E-state index contributed by atoms with van der Waals surface area (Å²) in [6, 6.07) is 0. The molecule has 1 unspecified atom stereocenters. The van der Waals surface area contributed by atoms with Crippen LogP contribution in [0.1, 0.15) is 6.42 Å². The standard InChI is InChI=1S/C5H10ClNO2/c6-2-1-5(9)3-7-4-8/h4-5,9H,1-3H2,(H,7,8). The van der Waals surface area contributed by atoms with Gasteiger partial charge in [0.25, 0.3) is 0 Å². The average Bonchev–Trinajstić information content (AvgIpc) is 1.85. The largest absolute Gasteiger partial charge is 0.391 e. The highest BCUT2D eigenvalue weighted by Gasteiger charge is 1.99. The van der Waals surface area contributed by atoms with Crippen LogP contribution in [-0.4, -0.2) is 30.0 Å². The Hall–Kier alpha value is -0.280. The summed E-state index contributed by atoms with van der Waals surface area (Å²) in [6.07, 6.45) is 0.563. The molecule has 0 rings (SSSR count). The van der Waals surface area contributed by atoms with Gasteiger partial charge in [-0.15, -0.1) is 11.6 Å². The zero-order chi connectivity index (χ0) is 7.11. The Kier molecular flexibility index (Phi) is 5.67. The molecule has 0 saturated carbocycles. The van der Waals surface area contributed by atoms with Gasteiger partial charge in [-0.05, 0) is 6.42 Å². The van der Waals surface area contributed by atoms with Crippen LogP contribution >= 0.6 is 11.6 Å². The Morgan fingerprint density at radius 1 is 1.78 bits per heavy atom. The van der Waals surface area contributed by atoms with E-state index >= 15 is 0 Å². The van der Waals surface area contributed by atoms with Crippen molar-refractivity contribution in [2.24, 2.45) is 0 Å². The predicted molar refractivity (Wildman–Crippen MR) is 35.4 cm³/mol. The highest BCUT2D eigenvalue weighted by atomic mass is 35.5. The van der Waals surface area contributed by atoms with E-state index in [4.69, 9.17) is 16.7 Å². The number of aliphatic hydroxyl groups is 1. The summed E-state index contributed by atoms with van der Waals surface area (Å²) >= 11 is 5.30. The van der Waals surface area contributed by atoms with E-state index in [1.165, 1.54) is 0 Å². The van der Waals surface area contributed by atoms with Gasteiger partial charge in [0.15, 0.2) is 0 Å². The van der Waals surface area contributed by atoms with Crippen molar-refractivity contribution >= 4 is 18.0 Å². The number of hydrogen-bond acceptors (Lipinski definition) is 2. The van der Waals surface area contributed by atoms with Gasteiger partial charge in [-0.2, -0.15) is 0 Å². The second-order valence-corrected chi connectivity index (χ2v) is 2.04. The molecule has 1 atom stereocenters. The fraction of sp³-hybridized carbons (Fsp3) is 0.800. The minimum absolute atomic E-state index is 0.288. The van der Waals surface area contributed by atoms with Crippen LogP contribution in [0.4, 0.5) is 0 Å². The van der Waals surface area contributed by atoms with Crippen LogP contribution < -0.4 is 5.32 Å². The van der Waals surface area contributed by atoms with Crippen LogP contribution in [0, 0.1) is 0 Å². The summed E-state index contributed by atoms with van der Waals surface area (Å²) in [5, 5.41) is 11.2. The topological polar surface area (TPSA) is 49.3 Å². The van der Waals surface area contributed by atoms with E-state index in [0.717, 1.165) is 0 Å². The van der Waals surface area contributed by atoms with Gasteiger partial charge in [0.1, 0.15) is 0 Å². The molecule has 0 aliphatic carbocycles. The minimum atomic E-state index is -0.507. The van der Waals surface area contributed by atoms with E-state index in [9.17, 15) is 4.79 Å². The zero-order valence-corrected chi connectivity index (χ0v) is 5.77. The molecule has 0 aromatic rings. The molecular formula is C5H10ClNO2. The van der Waals surface area contributed by atoms with Gasteiger partial charge in [-0.1, -0.05) is 0 Å². The quantitative estimate of drug-likeness (QED) is 0.420. The minimum Gasteiger partial charge on any atom is -0.391 e. The van der Waals surface area contributed by atoms with E-state index < -0.39 is 6.10 Å². The van der Waals surface area contributed by atoms with E-state index in [-0.39, 0.29) is 6.54 Å². The molecule has 1 amide bonds. The zero-order valence-electron chi connectivity index (χ0n) is 5.01. The second-order valence-electron chi connectivity index (χ2n) is 1.66. The Balaban J connectivity index is 3.04. The first-order chi connectivity index (χ1) is 4.31. The predicted octanol–water partition coefficient (Wildman–Crippen LogP) is -0.278. The number of carbonyl (C=O) groups excluding carboxylic acids is 1. The SMILES string of the molecule is O=CNCC(O)CCCl. The Morgan fingerprint density at radius 2 is 2.44 bits per heavy atom. The summed E-state index contributed by atoms with van der Waals surface area (Å²) in [5.41, 5.74) is 0. The molecule has 0 radical (unpaired) electrons. The fourth-order valence-corrected chi connectivity index (χ4v) is 0.664. The van der Waals surface area contributed by atoms with Crippen molar-refractivity contribution in [2.75, 3.05) is 12.4 Å². The Bertz CT molecular complexity index is 79.4. The summed E-state index contributed by atoms with van der Waals surface area (Å²) < 4.78 is 0. The van der Waals surface area contributed by atoms with Crippen LogP contribution in [0.3, 0.4) is 0 Å². The molecule has 0 aromatic heterocycles. The Labute approximate surface area is 59.0 Å². The molecule has 0 aliphatic heterocycles. The van der Waals surface area contributed by atoms with Crippen LogP contribution in [0.2, 0.25) is 0 Å². The van der Waals surface area contributed by atoms with Crippen molar-refractivity contribution in [1.29, 1.82) is 0 Å². The van der Waals surface area contributed by atoms with Crippen molar-refractivity contribution < 1.29 is 9.90 Å². The molecule has 0 saturated heterocycles. The van der Waals surface area contributed by atoms with Crippen LogP contribution in [0.25, 0.3) is 0 Å². The van der Waals surface area contributed by atoms with Crippen LogP contribution in [0.5, 0.6) is 0 Å². The lowest BCUT2D eigenvalue weighted by molar-refractivity contribution is -0.109. The maximum atomic E-state index is 9.66. The first-order valence-electron chi connectivity index (χ1n) is 2.72. The number of hydrogen-bond donors (Lipinski definition) is 2. The molecule has 3 nitrogen and oxygen atoms in total. The fourth-order valence-electron chi connectivity index (χ4n) is 0.412. The van der Waals surface area contributed by atoms with Crippen molar-refractivity contribution in [3.05, 3.63) is 0 Å². The number of nitrogens with one attached hydrogen (secondary N) is 1. The summed E-state index contributed by atoms with van der Waals surface area (Å²) in [7, 11) is 0. The van der Waals surface area contributed by atoms with Gasteiger partial charge in [0.05, 0.1) is 6.10 Å². The third-order valence-electron chi connectivity index (χ3n) is 0.879. The summed E-state index contributed by atoms with van der Waals surface area (Å²) in [5.74, 6) is 0.418. The van der Waals surface area contributed by atoms with Crippen LogP contribution in [0.15, 0.2) is 0 Å². The molecule has 0 fully saturated rings.